The van der Waals surface area contributed by atoms with Gasteiger partial charge >= 0.3 is 0 Å². The van der Waals surface area contributed by atoms with E-state index in [9.17, 15) is 15.0 Å². The number of aliphatic hydroxyl groups is 2. The highest BCUT2D eigenvalue weighted by Gasteiger charge is 2.17. The average Bonchev–Trinajstić information content (AvgIpc) is 3.26. The summed E-state index contributed by atoms with van der Waals surface area (Å²) in [6, 6.07) is -0.648. The lowest BCUT2D eigenvalue weighted by atomic mass is 10.0. The second-order valence-corrected chi connectivity index (χ2v) is 18.6. The maximum absolute atomic E-state index is 12.4. The van der Waals surface area contributed by atoms with E-state index < -0.39 is 12.1 Å². The summed E-state index contributed by atoms with van der Waals surface area (Å²) < 4.78 is 0. The van der Waals surface area contributed by atoms with E-state index in [1.807, 2.05) is 6.08 Å². The lowest BCUT2D eigenvalue weighted by molar-refractivity contribution is -0.123. The zero-order valence-corrected chi connectivity index (χ0v) is 41.2. The summed E-state index contributed by atoms with van der Waals surface area (Å²) in [5.74, 6) is -0.0785. The summed E-state index contributed by atoms with van der Waals surface area (Å²) in [6.07, 6.45) is 72.7. The Morgan fingerprint density at radius 2 is 0.639 bits per heavy atom. The monoisotopic (exact) mass is 854 g/mol. The molecule has 2 unspecified atom stereocenters. The van der Waals surface area contributed by atoms with Crippen molar-refractivity contribution >= 4 is 5.91 Å². The third-order valence-electron chi connectivity index (χ3n) is 12.5. The molecule has 0 heterocycles. The largest absolute Gasteiger partial charge is 0.394 e. The molecule has 0 aromatic heterocycles. The van der Waals surface area contributed by atoms with Gasteiger partial charge in [0.05, 0.1) is 18.8 Å². The van der Waals surface area contributed by atoms with Crippen LogP contribution in [-0.2, 0) is 4.79 Å². The Morgan fingerprint density at radius 3 is 0.951 bits per heavy atom. The van der Waals surface area contributed by atoms with Gasteiger partial charge < -0.3 is 15.5 Å². The third kappa shape index (κ3) is 49.2. The van der Waals surface area contributed by atoms with Crippen LogP contribution in [0.15, 0.2) is 48.6 Å². The molecule has 0 aromatic rings. The van der Waals surface area contributed by atoms with Gasteiger partial charge in [0.15, 0.2) is 0 Å². The summed E-state index contributed by atoms with van der Waals surface area (Å²) in [5, 5.41) is 23.1. The number of rotatable bonds is 50. The fraction of sp³-hybridized carbons (Fsp3) is 0.842. The molecule has 0 spiro atoms. The van der Waals surface area contributed by atoms with E-state index in [4.69, 9.17) is 0 Å². The smallest absolute Gasteiger partial charge is 0.220 e. The van der Waals surface area contributed by atoms with Crippen molar-refractivity contribution < 1.29 is 15.0 Å². The number of hydrogen-bond acceptors (Lipinski definition) is 3. The van der Waals surface area contributed by atoms with Crippen molar-refractivity contribution in [2.45, 2.75) is 302 Å². The van der Waals surface area contributed by atoms with Crippen LogP contribution >= 0.6 is 0 Å². The summed E-state index contributed by atoms with van der Waals surface area (Å²) in [4.78, 5) is 12.4. The average molecular weight is 854 g/mol. The van der Waals surface area contributed by atoms with Crippen molar-refractivity contribution in [1.29, 1.82) is 0 Å². The van der Waals surface area contributed by atoms with Crippen LogP contribution in [0.1, 0.15) is 290 Å². The van der Waals surface area contributed by atoms with Gasteiger partial charge in [-0.3, -0.25) is 4.79 Å². The van der Waals surface area contributed by atoms with E-state index in [1.54, 1.807) is 6.08 Å². The molecule has 0 rings (SSSR count). The molecular formula is C57H107NO3. The van der Waals surface area contributed by atoms with Crippen molar-refractivity contribution in [2.24, 2.45) is 0 Å². The number of carbonyl (C=O) groups is 1. The summed E-state index contributed by atoms with van der Waals surface area (Å²) in [5.41, 5.74) is 0. The highest BCUT2D eigenvalue weighted by molar-refractivity contribution is 5.76. The number of allylic oxidation sites excluding steroid dienone is 7. The molecule has 4 heteroatoms. The third-order valence-corrected chi connectivity index (χ3v) is 12.5. The van der Waals surface area contributed by atoms with Crippen LogP contribution in [0.3, 0.4) is 0 Å². The number of amides is 1. The Kier molecular flexibility index (Phi) is 51.3. The maximum Gasteiger partial charge on any atom is 0.220 e. The van der Waals surface area contributed by atoms with Gasteiger partial charge in [-0.1, -0.05) is 262 Å². The predicted molar refractivity (Wildman–Crippen MR) is 271 cm³/mol. The lowest BCUT2D eigenvalue weighted by Crippen LogP contribution is -2.45. The Balaban J connectivity index is 3.55. The molecule has 1 amide bonds. The number of aliphatic hydroxyl groups excluding tert-OH is 2. The van der Waals surface area contributed by atoms with E-state index in [1.165, 1.54) is 231 Å². The van der Waals surface area contributed by atoms with Crippen molar-refractivity contribution in [3.8, 4) is 0 Å². The molecule has 0 saturated heterocycles. The highest BCUT2D eigenvalue weighted by atomic mass is 16.3. The first-order chi connectivity index (χ1) is 30.2. The van der Waals surface area contributed by atoms with Crippen LogP contribution in [0.2, 0.25) is 0 Å². The maximum atomic E-state index is 12.4. The van der Waals surface area contributed by atoms with Crippen LogP contribution in [-0.4, -0.2) is 34.9 Å². The van der Waals surface area contributed by atoms with Gasteiger partial charge in [-0.05, 0) is 70.6 Å². The summed E-state index contributed by atoms with van der Waals surface area (Å²) in [6.45, 7) is 4.31. The van der Waals surface area contributed by atoms with Crippen LogP contribution in [0, 0.1) is 0 Å². The van der Waals surface area contributed by atoms with Gasteiger partial charge in [0.1, 0.15) is 0 Å². The van der Waals surface area contributed by atoms with Crippen LogP contribution in [0.4, 0.5) is 0 Å². The molecule has 358 valence electrons. The molecule has 0 radical (unpaired) electrons. The minimum absolute atomic E-state index is 0.0785. The van der Waals surface area contributed by atoms with Gasteiger partial charge in [0.25, 0.3) is 0 Å². The molecule has 0 aliphatic rings. The summed E-state index contributed by atoms with van der Waals surface area (Å²) in [7, 11) is 0. The van der Waals surface area contributed by atoms with E-state index in [0.717, 1.165) is 38.5 Å². The first kappa shape index (κ1) is 59.4. The van der Waals surface area contributed by atoms with Crippen molar-refractivity contribution in [3.05, 3.63) is 48.6 Å². The van der Waals surface area contributed by atoms with E-state index >= 15 is 0 Å². The minimum Gasteiger partial charge on any atom is -0.394 e. The molecule has 0 aromatic carbocycles. The molecule has 0 aliphatic heterocycles. The quantitative estimate of drug-likeness (QED) is 0.0422. The number of nitrogens with one attached hydrogen (secondary N) is 1. The standard InChI is InChI=1S/C57H107NO3/c1-3-5-7-9-11-13-15-17-19-21-23-24-25-26-27-28-29-30-31-32-33-35-36-38-40-42-44-46-48-50-52-56(60)55(54-59)58-57(61)53-51-49-47-45-43-41-39-37-34-22-20-18-16-14-12-10-8-6-4-2/h18,20,35-36,42,44,50,52,55-56,59-60H,3-17,19,21-34,37-41,43,45-49,51,53-54H2,1-2H3,(H,58,61)/b20-18-,36-35+,44-42+,52-50+. The van der Waals surface area contributed by atoms with Gasteiger partial charge in [0, 0.05) is 6.42 Å². The van der Waals surface area contributed by atoms with Gasteiger partial charge in [0.2, 0.25) is 5.91 Å². The van der Waals surface area contributed by atoms with Crippen LogP contribution in [0.5, 0.6) is 0 Å². The number of unbranched alkanes of at least 4 members (excludes halogenated alkanes) is 37. The molecule has 0 aliphatic carbocycles. The molecule has 2 atom stereocenters. The van der Waals surface area contributed by atoms with Gasteiger partial charge in [-0.15, -0.1) is 0 Å². The van der Waals surface area contributed by atoms with Crippen molar-refractivity contribution in [2.75, 3.05) is 6.61 Å². The Morgan fingerprint density at radius 1 is 0.377 bits per heavy atom. The normalized spacial score (nSPS) is 13.2. The van der Waals surface area contributed by atoms with Gasteiger partial charge in [-0.25, -0.2) is 0 Å². The molecule has 0 fully saturated rings. The molecule has 0 bridgehead atoms. The fourth-order valence-electron chi connectivity index (χ4n) is 8.32. The van der Waals surface area contributed by atoms with E-state index in [2.05, 4.69) is 55.6 Å². The second kappa shape index (κ2) is 52.7. The van der Waals surface area contributed by atoms with E-state index in [-0.39, 0.29) is 12.5 Å². The Hall–Kier alpha value is -1.65. The van der Waals surface area contributed by atoms with Gasteiger partial charge in [-0.2, -0.15) is 0 Å². The van der Waals surface area contributed by atoms with Crippen LogP contribution < -0.4 is 5.32 Å². The second-order valence-electron chi connectivity index (χ2n) is 18.6. The van der Waals surface area contributed by atoms with Crippen molar-refractivity contribution in [1.82, 2.24) is 5.32 Å². The molecule has 3 N–H and O–H groups in total. The highest BCUT2D eigenvalue weighted by Crippen LogP contribution is 2.16. The Labute approximate surface area is 382 Å². The first-order valence-corrected chi connectivity index (χ1v) is 27.4. The van der Waals surface area contributed by atoms with Crippen molar-refractivity contribution in [3.63, 3.8) is 0 Å². The van der Waals surface area contributed by atoms with Crippen LogP contribution in [0.25, 0.3) is 0 Å². The fourth-order valence-corrected chi connectivity index (χ4v) is 8.32. The molecular weight excluding hydrogens is 747 g/mol. The predicted octanol–water partition coefficient (Wildman–Crippen LogP) is 17.9. The molecule has 4 nitrogen and oxygen atoms in total. The zero-order valence-electron chi connectivity index (χ0n) is 41.2. The molecule has 61 heavy (non-hydrogen) atoms. The van der Waals surface area contributed by atoms with E-state index in [0.29, 0.717) is 6.42 Å². The summed E-state index contributed by atoms with van der Waals surface area (Å²) >= 11 is 0. The zero-order chi connectivity index (χ0) is 44.2. The lowest BCUT2D eigenvalue weighted by Gasteiger charge is -2.19. The number of hydrogen-bond donors (Lipinski definition) is 3. The minimum atomic E-state index is -0.872. The SMILES string of the molecule is CCCCCCCC/C=C\CCCCCCCCCCCC(=O)NC(CO)C(O)/C=C/CC/C=C/CC/C=C/CCCCCCCCCCCCCCCCCCCCCC. The first-order valence-electron chi connectivity index (χ1n) is 27.4. The Bertz CT molecular complexity index is 970. The number of carbonyl (C=O) groups excluding carboxylic acids is 1. The molecule has 0 saturated carbocycles. The topological polar surface area (TPSA) is 69.6 Å².